The lowest BCUT2D eigenvalue weighted by Crippen LogP contribution is -2.35. The number of hydrogen-bond acceptors (Lipinski definition) is 4. The minimum atomic E-state index is -0.280. The number of ketones is 1. The number of carbonyl (C=O) groups excluding carboxylic acids is 2. The van der Waals surface area contributed by atoms with Crippen molar-refractivity contribution in [2.45, 2.75) is 64.9 Å². The maximum absolute atomic E-state index is 12.8. The highest BCUT2D eigenvalue weighted by atomic mass is 16.5. The molecular weight excluding hydrogens is 316 g/mol. The number of benzene rings is 1. The summed E-state index contributed by atoms with van der Waals surface area (Å²) >= 11 is 0. The summed E-state index contributed by atoms with van der Waals surface area (Å²) in [7, 11) is 3.14. The monoisotopic (exact) mass is 346 g/mol. The lowest BCUT2D eigenvalue weighted by atomic mass is 9.67. The third-order valence-corrected chi connectivity index (χ3v) is 5.53. The normalized spacial score (nSPS) is 23.3. The molecule has 25 heavy (non-hydrogen) atoms. The van der Waals surface area contributed by atoms with E-state index in [1.165, 1.54) is 12.7 Å². The molecule has 0 aromatic heterocycles. The van der Waals surface area contributed by atoms with Crippen molar-refractivity contribution in [1.82, 2.24) is 0 Å². The second-order valence-corrected chi connectivity index (χ2v) is 7.51. The molecule has 4 nitrogen and oxygen atoms in total. The van der Waals surface area contributed by atoms with E-state index in [2.05, 4.69) is 13.0 Å². The van der Waals surface area contributed by atoms with Crippen LogP contribution in [0.15, 0.2) is 18.2 Å². The number of hydrogen-bond donors (Lipinski definition) is 0. The van der Waals surface area contributed by atoms with Crippen LogP contribution in [0.3, 0.4) is 0 Å². The summed E-state index contributed by atoms with van der Waals surface area (Å²) in [6, 6.07) is 6.19. The average molecular weight is 346 g/mol. The molecule has 1 aromatic rings. The summed E-state index contributed by atoms with van der Waals surface area (Å²) in [4.78, 5) is 24.7. The molecule has 0 amide bonds. The largest absolute Gasteiger partial charge is 0.469 e. The molecule has 1 aliphatic carbocycles. The highest BCUT2D eigenvalue weighted by molar-refractivity contribution is 5.82. The summed E-state index contributed by atoms with van der Waals surface area (Å²) in [6.45, 7) is 4.10. The van der Waals surface area contributed by atoms with Crippen LogP contribution in [0.2, 0.25) is 0 Å². The van der Waals surface area contributed by atoms with Gasteiger partial charge in [0.1, 0.15) is 5.78 Å². The molecule has 1 saturated carbocycles. The van der Waals surface area contributed by atoms with Crippen LogP contribution in [-0.4, -0.2) is 32.1 Å². The Hall–Kier alpha value is -1.68. The number of rotatable bonds is 7. The second-order valence-electron chi connectivity index (χ2n) is 7.51. The van der Waals surface area contributed by atoms with Crippen LogP contribution in [0.5, 0.6) is 0 Å². The summed E-state index contributed by atoms with van der Waals surface area (Å²) in [5, 5.41) is 0. The number of carbonyl (C=O) groups is 2. The molecule has 0 atom stereocenters. The van der Waals surface area contributed by atoms with Gasteiger partial charge in [-0.25, -0.2) is 0 Å². The van der Waals surface area contributed by atoms with E-state index < -0.39 is 0 Å². The topological polar surface area (TPSA) is 52.6 Å². The highest BCUT2D eigenvalue weighted by Crippen LogP contribution is 2.43. The molecular formula is C21H30O4. The van der Waals surface area contributed by atoms with E-state index in [1.807, 2.05) is 19.1 Å². The van der Waals surface area contributed by atoms with Gasteiger partial charge in [-0.3, -0.25) is 9.59 Å². The van der Waals surface area contributed by atoms with Gasteiger partial charge in [0, 0.05) is 20.0 Å². The van der Waals surface area contributed by atoms with Gasteiger partial charge in [-0.1, -0.05) is 23.8 Å². The van der Waals surface area contributed by atoms with E-state index >= 15 is 0 Å². The molecule has 1 aliphatic rings. The van der Waals surface area contributed by atoms with Gasteiger partial charge in [0.2, 0.25) is 0 Å². The van der Waals surface area contributed by atoms with Crippen LogP contribution in [0.25, 0.3) is 0 Å². The molecule has 138 valence electrons. The average Bonchev–Trinajstić information content (AvgIpc) is 2.58. The second kappa shape index (κ2) is 8.61. The van der Waals surface area contributed by atoms with Crippen LogP contribution < -0.4 is 0 Å². The quantitative estimate of drug-likeness (QED) is 0.702. The minimum Gasteiger partial charge on any atom is -0.469 e. The molecule has 0 saturated heterocycles. The predicted octanol–water partition coefficient (Wildman–Crippen LogP) is 3.94. The Morgan fingerprint density at radius 2 is 1.80 bits per heavy atom. The van der Waals surface area contributed by atoms with Crippen LogP contribution in [0, 0.1) is 19.3 Å². The first-order valence-electron chi connectivity index (χ1n) is 9.05. The van der Waals surface area contributed by atoms with Crippen LogP contribution in [0.1, 0.15) is 55.2 Å². The van der Waals surface area contributed by atoms with E-state index in [4.69, 9.17) is 9.47 Å². The summed E-state index contributed by atoms with van der Waals surface area (Å²) in [6.07, 6.45) is 4.88. The van der Waals surface area contributed by atoms with Gasteiger partial charge in [0.15, 0.2) is 0 Å². The van der Waals surface area contributed by atoms with Crippen molar-refractivity contribution in [2.75, 3.05) is 14.2 Å². The zero-order chi connectivity index (χ0) is 18.4. The van der Waals surface area contributed by atoms with E-state index in [-0.39, 0.29) is 23.3 Å². The van der Waals surface area contributed by atoms with Crippen molar-refractivity contribution in [3.05, 3.63) is 34.9 Å². The molecule has 0 unspecified atom stereocenters. The van der Waals surface area contributed by atoms with Gasteiger partial charge in [-0.05, 0) is 56.1 Å². The first kappa shape index (κ1) is 19.6. The van der Waals surface area contributed by atoms with E-state index in [0.717, 1.165) is 36.8 Å². The third kappa shape index (κ3) is 5.40. The number of methoxy groups -OCH3 is 2. The Labute approximate surface area is 150 Å². The molecule has 0 radical (unpaired) electrons. The van der Waals surface area contributed by atoms with Gasteiger partial charge >= 0.3 is 5.97 Å². The number of ether oxygens (including phenoxy) is 2. The fourth-order valence-corrected chi connectivity index (χ4v) is 3.97. The Bertz CT molecular complexity index is 612. The Morgan fingerprint density at radius 3 is 2.36 bits per heavy atom. The van der Waals surface area contributed by atoms with E-state index in [0.29, 0.717) is 19.3 Å². The highest BCUT2D eigenvalue weighted by Gasteiger charge is 2.39. The predicted molar refractivity (Wildman–Crippen MR) is 97.6 cm³/mol. The molecule has 1 fully saturated rings. The first-order valence-corrected chi connectivity index (χ1v) is 9.05. The smallest absolute Gasteiger partial charge is 0.306 e. The zero-order valence-electron chi connectivity index (χ0n) is 15.9. The van der Waals surface area contributed by atoms with Crippen LogP contribution in [-0.2, 0) is 25.5 Å². The van der Waals surface area contributed by atoms with Gasteiger partial charge in [-0.15, -0.1) is 0 Å². The third-order valence-electron chi connectivity index (χ3n) is 5.53. The van der Waals surface area contributed by atoms with Crippen molar-refractivity contribution >= 4 is 11.8 Å². The summed E-state index contributed by atoms with van der Waals surface area (Å²) < 4.78 is 10.3. The van der Waals surface area contributed by atoms with Gasteiger partial charge in [0.25, 0.3) is 0 Å². The lowest BCUT2D eigenvalue weighted by molar-refractivity contribution is -0.145. The summed E-state index contributed by atoms with van der Waals surface area (Å²) in [5.41, 5.74) is 3.15. The van der Waals surface area contributed by atoms with Crippen molar-refractivity contribution in [3.63, 3.8) is 0 Å². The molecule has 1 aromatic carbocycles. The fraction of sp³-hybridized carbons (Fsp3) is 0.619. The van der Waals surface area contributed by atoms with Crippen molar-refractivity contribution in [3.8, 4) is 0 Å². The Kier molecular flexibility index (Phi) is 6.77. The molecule has 0 N–H and O–H groups in total. The molecule has 0 bridgehead atoms. The van der Waals surface area contributed by atoms with Gasteiger partial charge in [0.05, 0.1) is 19.6 Å². The van der Waals surface area contributed by atoms with Crippen molar-refractivity contribution in [2.24, 2.45) is 5.41 Å². The number of esters is 1. The standard InChI is InChI=1S/C21H30O4/c1-15-5-6-17(16(2)11-15)12-18(22)13-21(14-20(23)25-4)9-7-19(24-3)8-10-21/h5-6,11,19H,7-10,12-14H2,1-4H3. The SMILES string of the molecule is COC(=O)CC1(CC(=O)Cc2ccc(C)cc2C)CCC(OC)CC1. The van der Waals surface area contributed by atoms with Crippen LogP contribution in [0.4, 0.5) is 0 Å². The maximum Gasteiger partial charge on any atom is 0.306 e. The Balaban J connectivity index is 2.07. The molecule has 0 heterocycles. The van der Waals surface area contributed by atoms with Crippen molar-refractivity contribution in [1.29, 1.82) is 0 Å². The molecule has 0 spiro atoms. The first-order chi connectivity index (χ1) is 11.9. The van der Waals surface area contributed by atoms with Crippen LogP contribution >= 0.6 is 0 Å². The zero-order valence-corrected chi connectivity index (χ0v) is 15.9. The minimum absolute atomic E-state index is 0.201. The summed E-state index contributed by atoms with van der Waals surface area (Å²) in [5.74, 6) is -0.0260. The molecule has 0 aliphatic heterocycles. The van der Waals surface area contributed by atoms with E-state index in [9.17, 15) is 9.59 Å². The van der Waals surface area contributed by atoms with E-state index in [1.54, 1.807) is 7.11 Å². The van der Waals surface area contributed by atoms with Gasteiger partial charge in [-0.2, -0.15) is 0 Å². The molecule has 2 rings (SSSR count). The lowest BCUT2D eigenvalue weighted by Gasteiger charge is -2.38. The number of aryl methyl sites for hydroxylation is 2. The fourth-order valence-electron chi connectivity index (χ4n) is 3.97. The maximum atomic E-state index is 12.8. The Morgan fingerprint density at radius 1 is 1.12 bits per heavy atom. The molecule has 4 heteroatoms. The van der Waals surface area contributed by atoms with Crippen molar-refractivity contribution < 1.29 is 19.1 Å². The van der Waals surface area contributed by atoms with Gasteiger partial charge < -0.3 is 9.47 Å². The number of Topliss-reactive ketones (excluding diaryl/α,β-unsaturated/α-hetero) is 1.